The van der Waals surface area contributed by atoms with Gasteiger partial charge in [0.1, 0.15) is 5.66 Å². The van der Waals surface area contributed by atoms with Crippen molar-refractivity contribution in [3.8, 4) is 0 Å². The van der Waals surface area contributed by atoms with Crippen LogP contribution >= 0.6 is 11.8 Å². The van der Waals surface area contributed by atoms with Gasteiger partial charge in [-0.25, -0.2) is 4.79 Å². The highest BCUT2D eigenvalue weighted by atomic mass is 32.2. The number of ether oxygens (including phenoxy) is 1. The Morgan fingerprint density at radius 2 is 1.42 bits per heavy atom. The minimum atomic E-state index is -0.515. The number of carbonyl (C=O) groups excluding carboxylic acids is 2. The van der Waals surface area contributed by atoms with Gasteiger partial charge in [0.15, 0.2) is 0 Å². The van der Waals surface area contributed by atoms with E-state index in [4.69, 9.17) is 15.0 Å². The molecule has 5 aromatic rings. The first-order valence-corrected chi connectivity index (χ1v) is 18.8. The summed E-state index contributed by atoms with van der Waals surface area (Å²) in [5, 5.41) is 36.0. The van der Waals surface area contributed by atoms with Gasteiger partial charge < -0.3 is 26.0 Å². The van der Waals surface area contributed by atoms with Crippen LogP contribution in [-0.4, -0.2) is 47.4 Å². The number of nitrogens with one attached hydrogen (secondary N) is 4. The fourth-order valence-electron chi connectivity index (χ4n) is 7.29. The normalized spacial score (nSPS) is 21.9. The van der Waals surface area contributed by atoms with Gasteiger partial charge in [-0.3, -0.25) is 4.79 Å². The molecule has 52 heavy (non-hydrogen) atoms. The standard InChI is InChI=1S/C40H40N8O3S/c1-40(22-23-51-36(49)17-8-7-16-35-38-34(24-52-35)41-39(50)42-38)43-32-15-9-14-28-31(20-21-33(44-40)37(28)32)48-47-30-19-18-29(26-12-5-6-13-27(26)30)46-45-25-10-3-2-4-11-25/h2-6,9-15,18-21,34-35,38,43-44H,7-8,16-17,22-24H2,1H3,(H2,41,42,50)/t34-,35-,38-,40?/m1/s1. The van der Waals surface area contributed by atoms with Crippen LogP contribution in [0.4, 0.5) is 38.9 Å². The highest BCUT2D eigenvalue weighted by Crippen LogP contribution is 2.43. The number of urea groups is 1. The minimum absolute atomic E-state index is 0.0670. The smallest absolute Gasteiger partial charge is 0.315 e. The van der Waals surface area contributed by atoms with Crippen LogP contribution in [0.1, 0.15) is 39.0 Å². The number of amides is 2. The van der Waals surface area contributed by atoms with Crippen molar-refractivity contribution in [1.29, 1.82) is 0 Å². The van der Waals surface area contributed by atoms with Crippen molar-refractivity contribution in [3.05, 3.63) is 97.1 Å². The molecule has 2 saturated heterocycles. The summed E-state index contributed by atoms with van der Waals surface area (Å²) in [6.45, 7) is 2.38. The number of benzene rings is 5. The molecule has 2 amide bonds. The van der Waals surface area contributed by atoms with Gasteiger partial charge in [0.05, 0.1) is 41.4 Å². The Balaban J connectivity index is 0.889. The Kier molecular flexibility index (Phi) is 9.46. The van der Waals surface area contributed by atoms with E-state index in [1.54, 1.807) is 0 Å². The molecule has 11 nitrogen and oxygen atoms in total. The van der Waals surface area contributed by atoms with Crippen molar-refractivity contribution in [2.45, 2.75) is 62.0 Å². The van der Waals surface area contributed by atoms with Gasteiger partial charge in [-0.05, 0) is 62.2 Å². The maximum Gasteiger partial charge on any atom is 0.315 e. The predicted octanol–water partition coefficient (Wildman–Crippen LogP) is 10.0. The molecular formula is C40H40N8O3S. The number of azo groups is 2. The van der Waals surface area contributed by atoms with Crippen LogP contribution in [0.15, 0.2) is 118 Å². The van der Waals surface area contributed by atoms with E-state index in [9.17, 15) is 9.59 Å². The van der Waals surface area contributed by atoms with E-state index in [-0.39, 0.29) is 24.1 Å². The van der Waals surface area contributed by atoms with Crippen molar-refractivity contribution in [3.63, 3.8) is 0 Å². The Morgan fingerprint density at radius 3 is 2.19 bits per heavy atom. The third kappa shape index (κ3) is 7.16. The fourth-order valence-corrected chi connectivity index (χ4v) is 8.84. The molecule has 5 aromatic carbocycles. The van der Waals surface area contributed by atoms with E-state index < -0.39 is 5.66 Å². The van der Waals surface area contributed by atoms with Crippen LogP contribution < -0.4 is 21.3 Å². The predicted molar refractivity (Wildman–Crippen MR) is 208 cm³/mol. The fraction of sp³-hybridized carbons (Fsp3) is 0.300. The molecule has 3 heterocycles. The molecule has 1 unspecified atom stereocenters. The van der Waals surface area contributed by atoms with Gasteiger partial charge in [-0.15, -0.1) is 15.3 Å². The van der Waals surface area contributed by atoms with Crippen molar-refractivity contribution in [2.24, 2.45) is 20.5 Å². The topological polar surface area (TPSA) is 141 Å². The lowest BCUT2D eigenvalue weighted by Crippen LogP contribution is -2.46. The van der Waals surface area contributed by atoms with Crippen molar-refractivity contribution in [2.75, 3.05) is 23.0 Å². The molecule has 3 aliphatic rings. The van der Waals surface area contributed by atoms with Crippen molar-refractivity contribution in [1.82, 2.24) is 10.6 Å². The lowest BCUT2D eigenvalue weighted by Gasteiger charge is -2.38. The third-order valence-corrected chi connectivity index (χ3v) is 11.4. The highest BCUT2D eigenvalue weighted by Gasteiger charge is 2.42. The quantitative estimate of drug-likeness (QED) is 0.0439. The van der Waals surface area contributed by atoms with Gasteiger partial charge in [0.2, 0.25) is 0 Å². The largest absolute Gasteiger partial charge is 0.466 e. The molecule has 0 bridgehead atoms. The molecule has 0 aromatic heterocycles. The number of hydrogen-bond acceptors (Lipinski definition) is 10. The molecular weight excluding hydrogens is 673 g/mol. The summed E-state index contributed by atoms with van der Waals surface area (Å²) >= 11 is 1.90. The number of anilines is 2. The molecule has 3 aliphatic heterocycles. The van der Waals surface area contributed by atoms with Crippen molar-refractivity contribution >= 4 is 79.4 Å². The van der Waals surface area contributed by atoms with E-state index in [1.165, 1.54) is 0 Å². The number of nitrogens with zero attached hydrogens (tertiary/aromatic N) is 4. The maximum atomic E-state index is 12.6. The lowest BCUT2D eigenvalue weighted by atomic mass is 9.97. The molecule has 0 aliphatic carbocycles. The number of thioether (sulfide) groups is 1. The van der Waals surface area contributed by atoms with Gasteiger partial charge in [0.25, 0.3) is 0 Å². The first-order chi connectivity index (χ1) is 25.4. The average Bonchev–Trinajstić information content (AvgIpc) is 3.71. The molecule has 4 N–H and O–H groups in total. The monoisotopic (exact) mass is 712 g/mol. The van der Waals surface area contributed by atoms with E-state index in [0.717, 1.165) is 80.7 Å². The number of carbonyl (C=O) groups is 2. The summed E-state index contributed by atoms with van der Waals surface area (Å²) in [5.74, 6) is 0.768. The Bertz CT molecular complexity index is 2180. The van der Waals surface area contributed by atoms with Crippen LogP contribution in [0, 0.1) is 0 Å². The molecule has 0 spiro atoms. The summed E-state index contributed by atoms with van der Waals surface area (Å²) in [6.07, 6.45) is 3.67. The number of unbranched alkanes of at least 4 members (excludes halogenated alkanes) is 1. The number of fused-ring (bicyclic) bond motifs is 2. The molecule has 0 radical (unpaired) electrons. The number of hydrogen-bond donors (Lipinski definition) is 4. The second-order valence-corrected chi connectivity index (χ2v) is 14.9. The minimum Gasteiger partial charge on any atom is -0.466 e. The van der Waals surface area contributed by atoms with Crippen LogP contribution in [0.25, 0.3) is 21.5 Å². The number of esters is 1. The second kappa shape index (κ2) is 14.6. The zero-order valence-corrected chi connectivity index (χ0v) is 29.7. The highest BCUT2D eigenvalue weighted by molar-refractivity contribution is 8.00. The maximum absolute atomic E-state index is 12.6. The zero-order chi connectivity index (χ0) is 35.5. The van der Waals surface area contributed by atoms with E-state index >= 15 is 0 Å². The molecule has 2 fully saturated rings. The molecule has 12 heteroatoms. The van der Waals surface area contributed by atoms with Crippen LogP contribution in [0.2, 0.25) is 0 Å². The van der Waals surface area contributed by atoms with Gasteiger partial charge in [0, 0.05) is 56.8 Å². The van der Waals surface area contributed by atoms with E-state index in [2.05, 4.69) is 50.6 Å². The summed E-state index contributed by atoms with van der Waals surface area (Å²) < 4.78 is 5.66. The van der Waals surface area contributed by atoms with Gasteiger partial charge in [-0.1, -0.05) is 61.0 Å². The van der Waals surface area contributed by atoms with Crippen LogP contribution in [-0.2, 0) is 9.53 Å². The Morgan fingerprint density at radius 1 is 0.769 bits per heavy atom. The lowest BCUT2D eigenvalue weighted by molar-refractivity contribution is -0.144. The Labute approximate surface area is 306 Å². The molecule has 4 atom stereocenters. The van der Waals surface area contributed by atoms with E-state index in [0.29, 0.717) is 24.7 Å². The molecule has 264 valence electrons. The first kappa shape index (κ1) is 33.6. The Hall–Kier alpha value is -5.49. The zero-order valence-electron chi connectivity index (χ0n) is 28.8. The molecule has 0 saturated carbocycles. The summed E-state index contributed by atoms with van der Waals surface area (Å²) in [6, 6.07) is 32.0. The van der Waals surface area contributed by atoms with Gasteiger partial charge in [-0.2, -0.15) is 16.9 Å². The third-order valence-electron chi connectivity index (χ3n) is 9.93. The number of rotatable bonds is 12. The van der Waals surface area contributed by atoms with E-state index in [1.807, 2.05) is 96.7 Å². The first-order valence-electron chi connectivity index (χ1n) is 17.8. The summed E-state index contributed by atoms with van der Waals surface area (Å²) in [7, 11) is 0. The van der Waals surface area contributed by atoms with Crippen LogP contribution in [0.3, 0.4) is 0 Å². The molecule has 8 rings (SSSR count). The second-order valence-electron chi connectivity index (χ2n) is 13.7. The summed E-state index contributed by atoms with van der Waals surface area (Å²) in [4.78, 5) is 24.2. The van der Waals surface area contributed by atoms with Crippen molar-refractivity contribution < 1.29 is 14.3 Å². The van der Waals surface area contributed by atoms with Gasteiger partial charge >= 0.3 is 12.0 Å². The summed E-state index contributed by atoms with van der Waals surface area (Å²) in [5.41, 5.74) is 4.51. The average molecular weight is 713 g/mol. The SMILES string of the molecule is CC1(CCOC(=O)CCCC[C@H]2SC[C@H]3NC(=O)N[C@H]32)Nc2cccc3c(N=Nc4ccc(N=Nc5ccccc5)c5ccccc45)ccc(c23)N1. The van der Waals surface area contributed by atoms with Crippen LogP contribution in [0.5, 0.6) is 0 Å².